The number of pyridine rings is 1. The van der Waals surface area contributed by atoms with Crippen molar-refractivity contribution in [3.63, 3.8) is 0 Å². The van der Waals surface area contributed by atoms with Gasteiger partial charge in [-0.15, -0.1) is 0 Å². The van der Waals surface area contributed by atoms with E-state index in [2.05, 4.69) is 35.0 Å². The average molecular weight is 328 g/mol. The number of amides is 1. The van der Waals surface area contributed by atoms with Gasteiger partial charge >= 0.3 is 0 Å². The first-order chi connectivity index (χ1) is 11.6. The molecule has 0 spiro atoms. The first kappa shape index (κ1) is 16.7. The summed E-state index contributed by atoms with van der Waals surface area (Å²) in [6.45, 7) is 4.94. The van der Waals surface area contributed by atoms with Crippen molar-refractivity contribution in [1.82, 2.24) is 21.2 Å². The summed E-state index contributed by atoms with van der Waals surface area (Å²) in [5, 5.41) is 3.70. The fourth-order valence-electron chi connectivity index (χ4n) is 3.44. The van der Waals surface area contributed by atoms with Crippen molar-refractivity contribution in [3.05, 3.63) is 46.2 Å². The molecule has 128 valence electrons. The van der Waals surface area contributed by atoms with Crippen molar-refractivity contribution in [3.8, 4) is 0 Å². The minimum Gasteiger partial charge on any atom is -0.352 e. The lowest BCUT2D eigenvalue weighted by Gasteiger charge is -2.17. The summed E-state index contributed by atoms with van der Waals surface area (Å²) < 4.78 is 0. The van der Waals surface area contributed by atoms with Gasteiger partial charge < -0.3 is 10.3 Å². The van der Waals surface area contributed by atoms with Gasteiger partial charge in [-0.3, -0.25) is 20.4 Å². The van der Waals surface area contributed by atoms with E-state index in [1.165, 1.54) is 6.07 Å². The molecule has 1 fully saturated rings. The van der Waals surface area contributed by atoms with Crippen LogP contribution < -0.4 is 21.7 Å². The number of hydrogen-bond donors (Lipinski definition) is 4. The van der Waals surface area contributed by atoms with E-state index in [-0.39, 0.29) is 11.5 Å². The van der Waals surface area contributed by atoms with E-state index in [4.69, 9.17) is 0 Å². The predicted molar refractivity (Wildman–Crippen MR) is 94.8 cm³/mol. The fourth-order valence-corrected chi connectivity index (χ4v) is 3.44. The van der Waals surface area contributed by atoms with E-state index in [9.17, 15) is 9.59 Å². The Labute approximate surface area is 141 Å². The second-order valence-corrected chi connectivity index (χ2v) is 6.52. The van der Waals surface area contributed by atoms with Crippen LogP contribution in [-0.4, -0.2) is 29.5 Å². The highest BCUT2D eigenvalue weighted by Gasteiger charge is 2.28. The third kappa shape index (κ3) is 3.49. The zero-order valence-electron chi connectivity index (χ0n) is 14.1. The largest absolute Gasteiger partial charge is 0.352 e. The summed E-state index contributed by atoms with van der Waals surface area (Å²) >= 11 is 0. The maximum absolute atomic E-state index is 12.4. The van der Waals surface area contributed by atoms with Crippen LogP contribution in [0.5, 0.6) is 0 Å². The Morgan fingerprint density at radius 3 is 2.62 bits per heavy atom. The zero-order valence-corrected chi connectivity index (χ0v) is 14.1. The molecule has 2 aromatic rings. The Balaban J connectivity index is 1.61. The number of carbonyl (C=O) groups is 1. The molecule has 0 radical (unpaired) electrons. The number of fused-ring (bicyclic) bond motifs is 1. The van der Waals surface area contributed by atoms with Crippen LogP contribution in [-0.2, 0) is 0 Å². The van der Waals surface area contributed by atoms with Gasteiger partial charge in [0.1, 0.15) is 0 Å². The number of H-pyrrole nitrogens is 1. The lowest BCUT2D eigenvalue weighted by Crippen LogP contribution is -2.30. The highest BCUT2D eigenvalue weighted by atomic mass is 16.2. The second-order valence-electron chi connectivity index (χ2n) is 6.52. The summed E-state index contributed by atoms with van der Waals surface area (Å²) in [5.41, 5.74) is 7.34. The van der Waals surface area contributed by atoms with Crippen LogP contribution in [0.3, 0.4) is 0 Å². The maximum Gasteiger partial charge on any atom is 0.252 e. The van der Waals surface area contributed by atoms with Crippen LogP contribution in [0.4, 0.5) is 0 Å². The summed E-state index contributed by atoms with van der Waals surface area (Å²) in [5.74, 6) is 0.364. The lowest BCUT2D eigenvalue weighted by atomic mass is 9.92. The molecule has 2 heterocycles. The number of hydrogen-bond acceptors (Lipinski definition) is 4. The van der Waals surface area contributed by atoms with E-state index in [1.54, 1.807) is 6.07 Å². The van der Waals surface area contributed by atoms with Gasteiger partial charge in [0.05, 0.1) is 5.56 Å². The van der Waals surface area contributed by atoms with Gasteiger partial charge in [-0.25, -0.2) is 0 Å². The van der Waals surface area contributed by atoms with Crippen LogP contribution in [0.25, 0.3) is 10.9 Å². The van der Waals surface area contributed by atoms with Crippen LogP contribution in [0.1, 0.15) is 37.0 Å². The van der Waals surface area contributed by atoms with Crippen LogP contribution in [0, 0.1) is 5.92 Å². The SMILES string of the molecule is CC1NNC(C)C1CCCNC(=O)c1cc(=O)[nH]c2ccccc12. The predicted octanol–water partition coefficient (Wildman–Crippen LogP) is 1.54. The van der Waals surface area contributed by atoms with E-state index in [0.29, 0.717) is 35.6 Å². The normalized spacial score (nSPS) is 23.5. The summed E-state index contributed by atoms with van der Waals surface area (Å²) in [6, 6.07) is 9.59. The van der Waals surface area contributed by atoms with E-state index in [0.717, 1.165) is 18.2 Å². The Kier molecular flexibility index (Phi) is 4.97. The summed E-state index contributed by atoms with van der Waals surface area (Å²) in [6.07, 6.45) is 1.95. The van der Waals surface area contributed by atoms with Gasteiger partial charge in [0.15, 0.2) is 0 Å². The molecule has 2 unspecified atom stereocenters. The highest BCUT2D eigenvalue weighted by Crippen LogP contribution is 2.20. The number of rotatable bonds is 5. The van der Waals surface area contributed by atoms with Crippen molar-refractivity contribution in [2.45, 2.75) is 38.8 Å². The minimum atomic E-state index is -0.260. The minimum absolute atomic E-state index is 0.193. The standard InChI is InChI=1S/C18H24N4O2/c1-11-13(12(2)22-21-11)7-5-9-19-18(24)15-10-17(23)20-16-8-4-3-6-14(15)16/h3-4,6,8,10-13,21-22H,5,7,9H2,1-2H3,(H,19,24)(H,20,23). The average Bonchev–Trinajstić information content (AvgIpc) is 2.89. The van der Waals surface area contributed by atoms with E-state index >= 15 is 0 Å². The number of nitrogens with one attached hydrogen (secondary N) is 4. The number of aromatic amines is 1. The molecule has 24 heavy (non-hydrogen) atoms. The molecule has 0 saturated carbocycles. The van der Waals surface area contributed by atoms with Crippen molar-refractivity contribution in [2.75, 3.05) is 6.54 Å². The Hall–Kier alpha value is -2.18. The zero-order chi connectivity index (χ0) is 17.1. The molecule has 1 aliphatic rings. The molecule has 3 rings (SSSR count). The van der Waals surface area contributed by atoms with E-state index in [1.807, 2.05) is 18.2 Å². The highest BCUT2D eigenvalue weighted by molar-refractivity contribution is 6.05. The fraction of sp³-hybridized carbons (Fsp3) is 0.444. The van der Waals surface area contributed by atoms with Gasteiger partial charge in [-0.2, -0.15) is 0 Å². The lowest BCUT2D eigenvalue weighted by molar-refractivity contribution is 0.0954. The van der Waals surface area contributed by atoms with Crippen LogP contribution in [0.15, 0.2) is 35.1 Å². The third-order valence-electron chi connectivity index (χ3n) is 4.82. The molecule has 4 N–H and O–H groups in total. The first-order valence-electron chi connectivity index (χ1n) is 8.47. The quantitative estimate of drug-likeness (QED) is 0.627. The number of benzene rings is 1. The van der Waals surface area contributed by atoms with Crippen molar-refractivity contribution >= 4 is 16.8 Å². The van der Waals surface area contributed by atoms with Crippen molar-refractivity contribution in [1.29, 1.82) is 0 Å². The molecule has 0 aliphatic carbocycles. The molecular formula is C18H24N4O2. The monoisotopic (exact) mass is 328 g/mol. The maximum atomic E-state index is 12.4. The Bertz CT molecular complexity index is 776. The first-order valence-corrected chi connectivity index (χ1v) is 8.47. The molecule has 6 heteroatoms. The molecular weight excluding hydrogens is 304 g/mol. The van der Waals surface area contributed by atoms with Gasteiger partial charge in [-0.05, 0) is 38.7 Å². The number of hydrazine groups is 1. The second kappa shape index (κ2) is 7.15. The summed E-state index contributed by atoms with van der Waals surface area (Å²) in [4.78, 5) is 26.9. The van der Waals surface area contributed by atoms with Gasteiger partial charge in [-0.1, -0.05) is 18.2 Å². The smallest absolute Gasteiger partial charge is 0.252 e. The summed E-state index contributed by atoms with van der Waals surface area (Å²) in [7, 11) is 0. The number of para-hydroxylation sites is 1. The third-order valence-corrected chi connectivity index (χ3v) is 4.82. The van der Waals surface area contributed by atoms with Gasteiger partial charge in [0, 0.05) is 35.6 Å². The Morgan fingerprint density at radius 2 is 1.88 bits per heavy atom. The number of aromatic nitrogens is 1. The molecule has 1 aromatic heterocycles. The van der Waals surface area contributed by atoms with Crippen molar-refractivity contribution in [2.24, 2.45) is 5.92 Å². The molecule has 1 aromatic carbocycles. The molecule has 1 saturated heterocycles. The molecule has 2 atom stereocenters. The van der Waals surface area contributed by atoms with Crippen LogP contribution in [0.2, 0.25) is 0 Å². The Morgan fingerprint density at radius 1 is 1.17 bits per heavy atom. The number of carbonyl (C=O) groups excluding carboxylic acids is 1. The van der Waals surface area contributed by atoms with Crippen LogP contribution >= 0.6 is 0 Å². The van der Waals surface area contributed by atoms with Gasteiger partial charge in [0.25, 0.3) is 5.91 Å². The molecule has 6 nitrogen and oxygen atoms in total. The topological polar surface area (TPSA) is 86.0 Å². The van der Waals surface area contributed by atoms with Gasteiger partial charge in [0.2, 0.25) is 5.56 Å². The molecule has 0 bridgehead atoms. The molecule has 1 amide bonds. The molecule has 1 aliphatic heterocycles. The van der Waals surface area contributed by atoms with Crippen molar-refractivity contribution < 1.29 is 4.79 Å². The van der Waals surface area contributed by atoms with E-state index < -0.39 is 0 Å².